The van der Waals surface area contributed by atoms with Gasteiger partial charge in [0, 0.05) is 6.16 Å². The Morgan fingerprint density at radius 2 is 1.89 bits per heavy atom. The maximum atomic E-state index is 10.6. The Morgan fingerprint density at radius 1 is 1.44 bits per heavy atom. The molecule has 0 aromatic carbocycles. The van der Waals surface area contributed by atoms with Gasteiger partial charge in [-0.2, -0.15) is 0 Å². The summed E-state index contributed by atoms with van der Waals surface area (Å²) in [4.78, 5) is 0. The standard InChI is InChI=1S/C5H12O3P/c1-4(2)3-9(8)5(6)7/h4-7H,3H2,1-2H3. The van der Waals surface area contributed by atoms with Crippen LogP contribution >= 0.6 is 7.80 Å². The molecule has 1 atom stereocenters. The van der Waals surface area contributed by atoms with Crippen LogP contribution in [0.4, 0.5) is 0 Å². The molecule has 55 valence electrons. The zero-order chi connectivity index (χ0) is 7.44. The summed E-state index contributed by atoms with van der Waals surface area (Å²) in [5.74, 6) is 0.260. The molecule has 0 aromatic rings. The Labute approximate surface area is 55.5 Å². The molecule has 0 aliphatic rings. The first-order valence-corrected chi connectivity index (χ1v) is 4.35. The molecule has 0 fully saturated rings. The largest absolute Gasteiger partial charge is 0.359 e. The van der Waals surface area contributed by atoms with Crippen LogP contribution < -0.4 is 0 Å². The van der Waals surface area contributed by atoms with Gasteiger partial charge in [-0.1, -0.05) is 13.8 Å². The van der Waals surface area contributed by atoms with Crippen molar-refractivity contribution < 1.29 is 14.8 Å². The summed E-state index contributed by atoms with van der Waals surface area (Å²) in [6.07, 6.45) is 0.382. The Bertz CT molecular complexity index is 100. The molecular formula is C5H12O3P. The molecule has 1 unspecified atom stereocenters. The van der Waals surface area contributed by atoms with Crippen molar-refractivity contribution in [2.24, 2.45) is 5.92 Å². The molecule has 0 aromatic heterocycles. The van der Waals surface area contributed by atoms with Gasteiger partial charge in [0.1, 0.15) is 7.80 Å². The highest BCUT2D eigenvalue weighted by Crippen LogP contribution is 2.26. The van der Waals surface area contributed by atoms with Crippen LogP contribution in [0, 0.1) is 5.92 Å². The van der Waals surface area contributed by atoms with Gasteiger partial charge in [0.15, 0.2) is 0 Å². The lowest BCUT2D eigenvalue weighted by Gasteiger charge is -2.04. The van der Waals surface area contributed by atoms with Gasteiger partial charge in [0.25, 0.3) is 0 Å². The van der Waals surface area contributed by atoms with Crippen LogP contribution in [-0.4, -0.2) is 22.4 Å². The average Bonchev–Trinajstić information content (AvgIpc) is 1.63. The molecule has 0 rings (SSSR count). The van der Waals surface area contributed by atoms with E-state index in [4.69, 9.17) is 10.2 Å². The molecule has 0 aliphatic heterocycles. The first-order valence-electron chi connectivity index (χ1n) is 2.84. The van der Waals surface area contributed by atoms with Gasteiger partial charge in [0.2, 0.25) is 6.03 Å². The number of rotatable bonds is 3. The lowest BCUT2D eigenvalue weighted by Crippen LogP contribution is -2.02. The van der Waals surface area contributed by atoms with Gasteiger partial charge < -0.3 is 10.2 Å². The van der Waals surface area contributed by atoms with Crippen LogP contribution in [0.3, 0.4) is 0 Å². The van der Waals surface area contributed by atoms with Crippen molar-refractivity contribution in [3.63, 3.8) is 0 Å². The summed E-state index contributed by atoms with van der Waals surface area (Å²) in [6, 6.07) is -1.64. The third-order valence-electron chi connectivity index (χ3n) is 0.803. The van der Waals surface area contributed by atoms with E-state index in [0.717, 1.165) is 0 Å². The van der Waals surface area contributed by atoms with E-state index in [1.807, 2.05) is 13.8 Å². The van der Waals surface area contributed by atoms with E-state index in [-0.39, 0.29) is 5.92 Å². The zero-order valence-corrected chi connectivity index (χ0v) is 6.51. The fourth-order valence-corrected chi connectivity index (χ4v) is 1.36. The fraction of sp³-hybridized carbons (Fsp3) is 1.00. The predicted molar refractivity (Wildman–Crippen MR) is 35.5 cm³/mol. The number of hydrogen-bond acceptors (Lipinski definition) is 3. The average molecular weight is 151 g/mol. The van der Waals surface area contributed by atoms with Gasteiger partial charge >= 0.3 is 0 Å². The van der Waals surface area contributed by atoms with Crippen LogP contribution in [0.25, 0.3) is 0 Å². The molecular weight excluding hydrogens is 139 g/mol. The van der Waals surface area contributed by atoms with Gasteiger partial charge in [-0.25, -0.2) is 0 Å². The highest BCUT2D eigenvalue weighted by Gasteiger charge is 2.10. The van der Waals surface area contributed by atoms with Gasteiger partial charge in [-0.15, -0.1) is 0 Å². The van der Waals surface area contributed by atoms with Crippen LogP contribution in [0.15, 0.2) is 0 Å². The second-order valence-electron chi connectivity index (χ2n) is 2.34. The van der Waals surface area contributed by atoms with Gasteiger partial charge in [-0.05, 0) is 5.92 Å². The molecule has 9 heavy (non-hydrogen) atoms. The molecule has 0 amide bonds. The summed E-state index contributed by atoms with van der Waals surface area (Å²) < 4.78 is 10.6. The lowest BCUT2D eigenvalue weighted by atomic mass is 10.3. The molecule has 1 radical (unpaired) electrons. The summed E-state index contributed by atoms with van der Waals surface area (Å²) in [7, 11) is -1.82. The Hall–Kier alpha value is 0.0200. The first-order chi connectivity index (χ1) is 4.04. The minimum Gasteiger partial charge on any atom is -0.359 e. The highest BCUT2D eigenvalue weighted by atomic mass is 31.1. The second kappa shape index (κ2) is 3.94. The van der Waals surface area contributed by atoms with Crippen molar-refractivity contribution >= 4 is 7.80 Å². The third kappa shape index (κ3) is 4.52. The third-order valence-corrected chi connectivity index (χ3v) is 2.41. The number of aliphatic hydroxyl groups is 2. The quantitative estimate of drug-likeness (QED) is 0.462. The number of hydrogen-bond donors (Lipinski definition) is 2. The second-order valence-corrected chi connectivity index (χ2v) is 4.00. The van der Waals surface area contributed by atoms with Crippen molar-refractivity contribution in [3.05, 3.63) is 0 Å². The normalized spacial score (nSPS) is 12.9. The van der Waals surface area contributed by atoms with Gasteiger partial charge in [-0.3, -0.25) is 4.57 Å². The summed E-state index contributed by atoms with van der Waals surface area (Å²) in [5, 5.41) is 16.7. The summed E-state index contributed by atoms with van der Waals surface area (Å²) in [6.45, 7) is 3.77. The smallest absolute Gasteiger partial charge is 0.224 e. The predicted octanol–water partition coefficient (Wildman–Crippen LogP) is 0.738. The maximum Gasteiger partial charge on any atom is 0.224 e. The Morgan fingerprint density at radius 3 is 2.00 bits per heavy atom. The van der Waals surface area contributed by atoms with Crippen molar-refractivity contribution in [2.45, 2.75) is 19.9 Å². The summed E-state index contributed by atoms with van der Waals surface area (Å²) >= 11 is 0. The minimum absolute atomic E-state index is 0.260. The molecule has 0 bridgehead atoms. The minimum atomic E-state index is -1.82. The monoisotopic (exact) mass is 151 g/mol. The van der Waals surface area contributed by atoms with Crippen molar-refractivity contribution in [1.82, 2.24) is 0 Å². The van der Waals surface area contributed by atoms with Gasteiger partial charge in [0.05, 0.1) is 0 Å². The van der Waals surface area contributed by atoms with Crippen LogP contribution in [-0.2, 0) is 4.57 Å². The fourth-order valence-electron chi connectivity index (χ4n) is 0.454. The van der Waals surface area contributed by atoms with Crippen LogP contribution in [0.5, 0.6) is 0 Å². The molecule has 0 saturated heterocycles. The lowest BCUT2D eigenvalue weighted by molar-refractivity contribution is 0.0318. The van der Waals surface area contributed by atoms with E-state index in [9.17, 15) is 4.57 Å². The van der Waals surface area contributed by atoms with E-state index in [2.05, 4.69) is 0 Å². The molecule has 2 N–H and O–H groups in total. The summed E-state index contributed by atoms with van der Waals surface area (Å²) in [5.41, 5.74) is 0. The van der Waals surface area contributed by atoms with Crippen molar-refractivity contribution in [2.75, 3.05) is 6.16 Å². The van der Waals surface area contributed by atoms with Crippen molar-refractivity contribution in [3.8, 4) is 0 Å². The van der Waals surface area contributed by atoms with E-state index < -0.39 is 13.8 Å². The molecule has 0 spiro atoms. The van der Waals surface area contributed by atoms with Crippen LogP contribution in [0.1, 0.15) is 13.8 Å². The molecule has 3 nitrogen and oxygen atoms in total. The molecule has 0 heterocycles. The number of aliphatic hydroxyl groups excluding tert-OH is 1. The Kier molecular flexibility index (Phi) is 3.95. The van der Waals surface area contributed by atoms with E-state index in [1.54, 1.807) is 0 Å². The van der Waals surface area contributed by atoms with Crippen molar-refractivity contribution in [1.29, 1.82) is 0 Å². The van der Waals surface area contributed by atoms with E-state index in [1.165, 1.54) is 0 Å². The SMILES string of the molecule is CC(C)C[P](=O)C(O)O. The Balaban J connectivity index is 3.51. The first kappa shape index (κ1) is 9.02. The molecule has 0 aliphatic carbocycles. The van der Waals surface area contributed by atoms with Crippen LogP contribution in [0.2, 0.25) is 0 Å². The van der Waals surface area contributed by atoms with E-state index in [0.29, 0.717) is 6.16 Å². The maximum absolute atomic E-state index is 10.6. The topological polar surface area (TPSA) is 57.5 Å². The zero-order valence-electron chi connectivity index (χ0n) is 5.61. The van der Waals surface area contributed by atoms with E-state index >= 15 is 0 Å². The molecule has 0 saturated carbocycles. The highest BCUT2D eigenvalue weighted by molar-refractivity contribution is 7.44. The molecule has 4 heteroatoms.